The molecule has 1 amide bonds. The molecule has 9 heteroatoms. The number of hydrogen-bond donors (Lipinski definition) is 1. The number of morpholine rings is 1. The van der Waals surface area contributed by atoms with Crippen LogP contribution in [0, 0.1) is 0 Å². The Morgan fingerprint density at radius 3 is 2.30 bits per heavy atom. The normalized spacial score (nSPS) is 24.6. The highest BCUT2D eigenvalue weighted by Crippen LogP contribution is 2.22. The fourth-order valence-corrected chi connectivity index (χ4v) is 4.98. The Morgan fingerprint density at radius 1 is 1.07 bits per heavy atom. The number of carbonyl (C=O) groups is 2. The fraction of sp³-hybridized carbons (Fsp3) is 0.556. The molecule has 0 saturated carbocycles. The number of piperidine rings is 1. The summed E-state index contributed by atoms with van der Waals surface area (Å²) < 4.78 is 32.2. The number of carboxylic acid groups (broad SMARTS) is 1. The summed E-state index contributed by atoms with van der Waals surface area (Å²) in [6, 6.07) is 5.84. The first-order valence-electron chi connectivity index (χ1n) is 9.07. The minimum atomic E-state index is -3.55. The van der Waals surface area contributed by atoms with Crippen molar-refractivity contribution in [1.82, 2.24) is 9.21 Å². The molecule has 0 spiro atoms. The number of nitrogens with zero attached hydrogens (tertiary/aromatic N) is 2. The summed E-state index contributed by atoms with van der Waals surface area (Å²) in [4.78, 5) is 25.5. The third-order valence-electron chi connectivity index (χ3n) is 4.88. The molecule has 8 nitrogen and oxygen atoms in total. The van der Waals surface area contributed by atoms with Crippen molar-refractivity contribution in [3.8, 4) is 0 Å². The minimum absolute atomic E-state index is 0.0354. The van der Waals surface area contributed by atoms with Crippen molar-refractivity contribution in [3.05, 3.63) is 29.8 Å². The van der Waals surface area contributed by atoms with E-state index in [4.69, 9.17) is 9.84 Å². The lowest BCUT2D eigenvalue weighted by atomic mass is 10.1. The molecule has 1 aromatic rings. The zero-order chi connectivity index (χ0) is 19.6. The first kappa shape index (κ1) is 19.8. The van der Waals surface area contributed by atoms with Crippen molar-refractivity contribution in [3.63, 3.8) is 0 Å². The van der Waals surface area contributed by atoms with Crippen molar-refractivity contribution in [2.45, 2.75) is 43.3 Å². The van der Waals surface area contributed by atoms with E-state index in [2.05, 4.69) is 0 Å². The standard InChI is InChI=1S/C18H24N2O6S/c1-13-11-19(12-16(26-13)18(22)23)17(21)14-5-7-15(8-6-14)27(24,25)20-9-3-2-4-10-20/h5-8,13,16H,2-4,9-12H2,1H3,(H,22,23)/t13-,16?/m1/s1. The highest BCUT2D eigenvalue weighted by atomic mass is 32.2. The van der Waals surface area contributed by atoms with Gasteiger partial charge in [-0.2, -0.15) is 4.31 Å². The second-order valence-electron chi connectivity index (χ2n) is 6.97. The monoisotopic (exact) mass is 396 g/mol. The van der Waals surface area contributed by atoms with Crippen molar-refractivity contribution in [2.24, 2.45) is 0 Å². The maximum absolute atomic E-state index is 12.7. The second-order valence-corrected chi connectivity index (χ2v) is 8.91. The van der Waals surface area contributed by atoms with Crippen LogP contribution in [0.3, 0.4) is 0 Å². The Kier molecular flexibility index (Phi) is 5.83. The van der Waals surface area contributed by atoms with Crippen LogP contribution in [0.4, 0.5) is 0 Å². The summed E-state index contributed by atoms with van der Waals surface area (Å²) in [5.74, 6) is -1.44. The number of carbonyl (C=O) groups excluding carboxylic acids is 1. The number of amides is 1. The van der Waals surface area contributed by atoms with Crippen LogP contribution in [0.15, 0.2) is 29.2 Å². The molecule has 1 unspecified atom stereocenters. The molecular weight excluding hydrogens is 372 g/mol. The Morgan fingerprint density at radius 2 is 1.70 bits per heavy atom. The van der Waals surface area contributed by atoms with E-state index < -0.39 is 22.1 Å². The van der Waals surface area contributed by atoms with Crippen molar-refractivity contribution < 1.29 is 27.9 Å². The Hall–Kier alpha value is -1.97. The van der Waals surface area contributed by atoms with E-state index in [0.29, 0.717) is 18.7 Å². The van der Waals surface area contributed by atoms with Crippen LogP contribution in [-0.2, 0) is 19.6 Å². The van der Waals surface area contributed by atoms with Crippen molar-refractivity contribution >= 4 is 21.9 Å². The van der Waals surface area contributed by atoms with E-state index in [-0.39, 0.29) is 30.0 Å². The molecule has 0 aromatic heterocycles. The molecule has 3 rings (SSSR count). The van der Waals surface area contributed by atoms with Gasteiger partial charge in [-0.15, -0.1) is 0 Å². The number of ether oxygens (including phenoxy) is 1. The van der Waals surface area contributed by atoms with Gasteiger partial charge >= 0.3 is 5.97 Å². The summed E-state index contributed by atoms with van der Waals surface area (Å²) in [6.07, 6.45) is 1.30. The van der Waals surface area contributed by atoms with Crippen LogP contribution < -0.4 is 0 Å². The summed E-state index contributed by atoms with van der Waals surface area (Å²) in [7, 11) is -3.55. The van der Waals surface area contributed by atoms with Crippen LogP contribution in [0.2, 0.25) is 0 Å². The molecule has 1 aromatic carbocycles. The highest BCUT2D eigenvalue weighted by molar-refractivity contribution is 7.89. The zero-order valence-electron chi connectivity index (χ0n) is 15.2. The molecule has 0 aliphatic carbocycles. The van der Waals surface area contributed by atoms with Gasteiger partial charge in [0.1, 0.15) is 0 Å². The van der Waals surface area contributed by atoms with Crippen LogP contribution in [0.25, 0.3) is 0 Å². The summed E-state index contributed by atoms with van der Waals surface area (Å²) in [5.41, 5.74) is 0.325. The van der Waals surface area contributed by atoms with Gasteiger partial charge in [-0.1, -0.05) is 6.42 Å². The molecule has 2 aliphatic heterocycles. The zero-order valence-corrected chi connectivity index (χ0v) is 16.0. The average Bonchev–Trinajstić information content (AvgIpc) is 2.67. The Bertz CT molecular complexity index is 802. The van der Waals surface area contributed by atoms with Gasteiger partial charge in [0, 0.05) is 25.2 Å². The van der Waals surface area contributed by atoms with E-state index >= 15 is 0 Å². The van der Waals surface area contributed by atoms with Crippen LogP contribution in [0.5, 0.6) is 0 Å². The first-order valence-corrected chi connectivity index (χ1v) is 10.5. The lowest BCUT2D eigenvalue weighted by Crippen LogP contribution is -2.51. The maximum atomic E-state index is 12.7. The lowest BCUT2D eigenvalue weighted by Gasteiger charge is -2.35. The van der Waals surface area contributed by atoms with Gasteiger partial charge in [0.25, 0.3) is 5.91 Å². The smallest absolute Gasteiger partial charge is 0.334 e. The molecular formula is C18H24N2O6S. The molecule has 0 radical (unpaired) electrons. The number of hydrogen-bond acceptors (Lipinski definition) is 5. The molecule has 148 valence electrons. The number of benzene rings is 1. The predicted octanol–water partition coefficient (Wildman–Crippen LogP) is 1.18. The largest absolute Gasteiger partial charge is 0.479 e. The molecule has 0 bridgehead atoms. The summed E-state index contributed by atoms with van der Waals surface area (Å²) >= 11 is 0. The van der Waals surface area contributed by atoms with Gasteiger partial charge < -0.3 is 14.7 Å². The molecule has 1 N–H and O–H groups in total. The second kappa shape index (κ2) is 7.95. The van der Waals surface area contributed by atoms with E-state index in [0.717, 1.165) is 19.3 Å². The molecule has 27 heavy (non-hydrogen) atoms. The van der Waals surface area contributed by atoms with Crippen LogP contribution >= 0.6 is 0 Å². The molecule has 2 saturated heterocycles. The van der Waals surface area contributed by atoms with Gasteiger partial charge in [-0.3, -0.25) is 4.79 Å². The van der Waals surface area contributed by atoms with E-state index in [1.807, 2.05) is 0 Å². The van der Waals surface area contributed by atoms with Crippen LogP contribution in [-0.4, -0.2) is 73.0 Å². The van der Waals surface area contributed by atoms with Gasteiger partial charge in [0.15, 0.2) is 6.10 Å². The highest BCUT2D eigenvalue weighted by Gasteiger charge is 2.33. The molecule has 2 aliphatic rings. The molecule has 2 atom stereocenters. The summed E-state index contributed by atoms with van der Waals surface area (Å²) in [5, 5.41) is 9.14. The third-order valence-corrected chi connectivity index (χ3v) is 6.79. The first-order chi connectivity index (χ1) is 12.8. The van der Waals surface area contributed by atoms with Gasteiger partial charge in [-0.25, -0.2) is 13.2 Å². The number of sulfonamides is 1. The van der Waals surface area contributed by atoms with Crippen LogP contribution in [0.1, 0.15) is 36.5 Å². The van der Waals surface area contributed by atoms with Gasteiger partial charge in [0.05, 0.1) is 17.5 Å². The Labute approximate surface area is 158 Å². The fourth-order valence-electron chi connectivity index (χ4n) is 3.46. The van der Waals surface area contributed by atoms with Gasteiger partial charge in [0.2, 0.25) is 10.0 Å². The average molecular weight is 396 g/mol. The molecule has 2 heterocycles. The lowest BCUT2D eigenvalue weighted by molar-refractivity contribution is -0.160. The topological polar surface area (TPSA) is 104 Å². The Balaban J connectivity index is 1.74. The van der Waals surface area contributed by atoms with E-state index in [1.54, 1.807) is 6.92 Å². The predicted molar refractivity (Wildman–Crippen MR) is 96.9 cm³/mol. The van der Waals surface area contributed by atoms with E-state index in [1.165, 1.54) is 33.5 Å². The maximum Gasteiger partial charge on any atom is 0.334 e. The van der Waals surface area contributed by atoms with Crippen molar-refractivity contribution in [2.75, 3.05) is 26.2 Å². The number of rotatable bonds is 4. The quantitative estimate of drug-likeness (QED) is 0.819. The molecule has 2 fully saturated rings. The number of aliphatic carboxylic acids is 1. The van der Waals surface area contributed by atoms with Gasteiger partial charge in [-0.05, 0) is 44.0 Å². The SMILES string of the molecule is C[C@@H]1CN(C(=O)c2ccc(S(=O)(=O)N3CCCCC3)cc2)CC(C(=O)O)O1. The minimum Gasteiger partial charge on any atom is -0.479 e. The third kappa shape index (κ3) is 4.31. The van der Waals surface area contributed by atoms with Crippen molar-refractivity contribution in [1.29, 1.82) is 0 Å². The summed E-state index contributed by atoms with van der Waals surface area (Å²) in [6.45, 7) is 3.00. The van der Waals surface area contributed by atoms with E-state index in [9.17, 15) is 18.0 Å². The number of carboxylic acids is 1.